The van der Waals surface area contributed by atoms with E-state index >= 15 is 0 Å². The summed E-state index contributed by atoms with van der Waals surface area (Å²) >= 11 is 4.79. The third-order valence-electron chi connectivity index (χ3n) is 6.38. The second-order valence-corrected chi connectivity index (χ2v) is 11.1. The predicted molar refractivity (Wildman–Crippen MR) is 160 cm³/mol. The molecule has 41 heavy (non-hydrogen) atoms. The quantitative estimate of drug-likeness (QED) is 0.339. The fourth-order valence-corrected chi connectivity index (χ4v) is 5.71. The largest absolute Gasteiger partial charge is 0.483 e. The number of hydrogen-bond acceptors (Lipinski definition) is 7. The third kappa shape index (κ3) is 7.24. The molecule has 5 rings (SSSR count). The first-order chi connectivity index (χ1) is 19.9. The van der Waals surface area contributed by atoms with Gasteiger partial charge in [0.25, 0.3) is 11.8 Å². The Balaban J connectivity index is 1.34. The summed E-state index contributed by atoms with van der Waals surface area (Å²) in [4.78, 5) is 45.7. The number of aliphatic imine (C=N–C) groups is 1. The van der Waals surface area contributed by atoms with E-state index < -0.39 is 5.97 Å². The van der Waals surface area contributed by atoms with Crippen molar-refractivity contribution in [1.29, 1.82) is 0 Å². The molecular weight excluding hydrogens is 610 g/mol. The van der Waals surface area contributed by atoms with Gasteiger partial charge in [0.15, 0.2) is 11.8 Å². The highest BCUT2D eigenvalue weighted by Crippen LogP contribution is 2.36. The molecule has 2 heterocycles. The molecule has 0 bridgehead atoms. The number of hydrogen-bond donors (Lipinski definition) is 1. The molecule has 210 valence electrons. The number of halogens is 1. The summed E-state index contributed by atoms with van der Waals surface area (Å²) in [6.45, 7) is 2.34. The van der Waals surface area contributed by atoms with Crippen LogP contribution in [0, 0.1) is 0 Å². The lowest BCUT2D eigenvalue weighted by atomic mass is 10.1. The van der Waals surface area contributed by atoms with E-state index in [9.17, 15) is 19.5 Å². The molecule has 0 spiro atoms. The molecule has 11 heteroatoms. The highest BCUT2D eigenvalue weighted by molar-refractivity contribution is 9.10. The van der Waals surface area contributed by atoms with Crippen LogP contribution in [0.3, 0.4) is 0 Å². The maximum absolute atomic E-state index is 13.5. The number of carbonyl (C=O) groups is 3. The van der Waals surface area contributed by atoms with Gasteiger partial charge in [0.2, 0.25) is 0 Å². The minimum Gasteiger partial charge on any atom is -0.483 e. The Morgan fingerprint density at radius 1 is 1.05 bits per heavy atom. The van der Waals surface area contributed by atoms with Crippen LogP contribution in [0.15, 0.2) is 87.2 Å². The van der Waals surface area contributed by atoms with Gasteiger partial charge in [-0.1, -0.05) is 36.4 Å². The van der Waals surface area contributed by atoms with Gasteiger partial charge in [0.1, 0.15) is 5.75 Å². The maximum atomic E-state index is 13.5. The van der Waals surface area contributed by atoms with Gasteiger partial charge in [-0.3, -0.25) is 14.5 Å². The standard InChI is InChI=1S/C30H26BrN3O6S/c31-24-16-21(8-11-25(24)40-19-27(35)33-12-14-39-15-13-33)17-26-28(36)34(18-20-6-9-22(10-7-20)29(37)38)30(41-26)32-23-4-2-1-3-5-23/h1-11,16-17H,12-15,18-19H2,(H,37,38)/b26-17-,32-30?. The van der Waals surface area contributed by atoms with Crippen LogP contribution in [-0.4, -0.2) is 70.8 Å². The highest BCUT2D eigenvalue weighted by atomic mass is 79.9. The van der Waals surface area contributed by atoms with Crippen LogP contribution >= 0.6 is 27.7 Å². The lowest BCUT2D eigenvalue weighted by Crippen LogP contribution is -2.43. The number of benzene rings is 3. The number of rotatable bonds is 8. The van der Waals surface area contributed by atoms with Gasteiger partial charge in [-0.2, -0.15) is 0 Å². The highest BCUT2D eigenvalue weighted by Gasteiger charge is 2.33. The molecule has 0 aliphatic carbocycles. The summed E-state index contributed by atoms with van der Waals surface area (Å²) in [6, 6.07) is 21.2. The van der Waals surface area contributed by atoms with Crippen LogP contribution in [-0.2, 0) is 20.9 Å². The van der Waals surface area contributed by atoms with Crippen molar-refractivity contribution in [2.45, 2.75) is 6.54 Å². The van der Waals surface area contributed by atoms with Crippen molar-refractivity contribution >= 4 is 62.4 Å². The number of amidine groups is 1. The number of carboxylic acids is 1. The average Bonchev–Trinajstić information content (AvgIpc) is 3.26. The Labute approximate surface area is 249 Å². The van der Waals surface area contributed by atoms with E-state index in [1.807, 2.05) is 42.5 Å². The lowest BCUT2D eigenvalue weighted by molar-refractivity contribution is -0.137. The van der Waals surface area contributed by atoms with Gasteiger partial charge in [-0.25, -0.2) is 9.79 Å². The Morgan fingerprint density at radius 2 is 1.78 bits per heavy atom. The molecule has 0 radical (unpaired) electrons. The van der Waals surface area contributed by atoms with Crippen LogP contribution in [0.2, 0.25) is 0 Å². The average molecular weight is 637 g/mol. The van der Waals surface area contributed by atoms with Gasteiger partial charge in [-0.05, 0) is 81.3 Å². The van der Waals surface area contributed by atoms with E-state index in [4.69, 9.17) is 14.5 Å². The summed E-state index contributed by atoms with van der Waals surface area (Å²) in [6.07, 6.45) is 1.79. The van der Waals surface area contributed by atoms with E-state index in [-0.39, 0.29) is 30.5 Å². The van der Waals surface area contributed by atoms with Crippen molar-refractivity contribution in [3.05, 3.63) is 98.9 Å². The first-order valence-electron chi connectivity index (χ1n) is 12.8. The Bertz CT molecular complexity index is 1500. The van der Waals surface area contributed by atoms with Crippen LogP contribution in [0.1, 0.15) is 21.5 Å². The second-order valence-electron chi connectivity index (χ2n) is 9.21. The van der Waals surface area contributed by atoms with E-state index in [0.717, 1.165) is 11.1 Å². The molecule has 0 saturated carbocycles. The van der Waals surface area contributed by atoms with Crippen LogP contribution in [0.5, 0.6) is 5.75 Å². The fourth-order valence-electron chi connectivity index (χ4n) is 4.20. The molecule has 2 fully saturated rings. The van der Waals surface area contributed by atoms with Crippen LogP contribution in [0.25, 0.3) is 6.08 Å². The van der Waals surface area contributed by atoms with E-state index in [0.29, 0.717) is 52.3 Å². The molecule has 2 amide bonds. The van der Waals surface area contributed by atoms with Crippen molar-refractivity contribution in [3.8, 4) is 5.75 Å². The van der Waals surface area contributed by atoms with Gasteiger partial charge < -0.3 is 19.5 Å². The number of thioether (sulfide) groups is 1. The molecule has 2 aliphatic heterocycles. The Morgan fingerprint density at radius 3 is 2.46 bits per heavy atom. The normalized spacial score (nSPS) is 17.3. The molecular formula is C30H26BrN3O6S. The van der Waals surface area contributed by atoms with Crippen molar-refractivity contribution < 1.29 is 29.0 Å². The zero-order valence-corrected chi connectivity index (χ0v) is 24.3. The monoisotopic (exact) mass is 635 g/mol. The Kier molecular flexibility index (Phi) is 9.17. The minimum absolute atomic E-state index is 0.0743. The predicted octanol–water partition coefficient (Wildman–Crippen LogP) is 5.19. The van der Waals surface area contributed by atoms with Gasteiger partial charge >= 0.3 is 5.97 Å². The van der Waals surface area contributed by atoms with Crippen molar-refractivity contribution in [3.63, 3.8) is 0 Å². The fraction of sp³-hybridized carbons (Fsp3) is 0.200. The topological polar surface area (TPSA) is 109 Å². The summed E-state index contributed by atoms with van der Waals surface area (Å²) < 4.78 is 11.7. The minimum atomic E-state index is -1.01. The molecule has 0 aromatic heterocycles. The maximum Gasteiger partial charge on any atom is 0.335 e. The molecule has 9 nitrogen and oxygen atoms in total. The molecule has 3 aromatic rings. The number of ether oxygens (including phenoxy) is 2. The number of carbonyl (C=O) groups excluding carboxylic acids is 2. The SMILES string of the molecule is O=C(O)c1ccc(CN2C(=O)/C(=C/c3ccc(OCC(=O)N4CCOCC4)c(Br)c3)SC2=Nc2ccccc2)cc1. The van der Waals surface area contributed by atoms with Gasteiger partial charge in [-0.15, -0.1) is 0 Å². The first kappa shape index (κ1) is 28.6. The number of nitrogens with zero attached hydrogens (tertiary/aromatic N) is 3. The zero-order valence-electron chi connectivity index (χ0n) is 21.9. The third-order valence-corrected chi connectivity index (χ3v) is 8.01. The van der Waals surface area contributed by atoms with Crippen molar-refractivity contribution in [1.82, 2.24) is 9.80 Å². The smallest absolute Gasteiger partial charge is 0.335 e. The summed E-state index contributed by atoms with van der Waals surface area (Å²) in [5.41, 5.74) is 2.44. The van der Waals surface area contributed by atoms with E-state index in [2.05, 4.69) is 15.9 Å². The number of morpholine rings is 1. The van der Waals surface area contributed by atoms with Gasteiger partial charge in [0, 0.05) is 13.1 Å². The zero-order chi connectivity index (χ0) is 28.8. The number of carboxylic acid groups (broad SMARTS) is 1. The molecule has 2 saturated heterocycles. The molecule has 0 unspecified atom stereocenters. The first-order valence-corrected chi connectivity index (χ1v) is 14.4. The van der Waals surface area contributed by atoms with Crippen LogP contribution in [0.4, 0.5) is 5.69 Å². The molecule has 1 N–H and O–H groups in total. The number of amides is 2. The number of para-hydroxylation sites is 1. The summed E-state index contributed by atoms with van der Waals surface area (Å²) in [5, 5.41) is 9.72. The lowest BCUT2D eigenvalue weighted by Gasteiger charge is -2.26. The van der Waals surface area contributed by atoms with Crippen molar-refractivity contribution in [2.24, 2.45) is 4.99 Å². The second kappa shape index (κ2) is 13.2. The Hall–Kier alpha value is -3.93. The summed E-state index contributed by atoms with van der Waals surface area (Å²) in [7, 11) is 0. The van der Waals surface area contributed by atoms with Crippen molar-refractivity contribution in [2.75, 3.05) is 32.9 Å². The van der Waals surface area contributed by atoms with E-state index in [1.54, 1.807) is 34.1 Å². The summed E-state index contributed by atoms with van der Waals surface area (Å²) in [5.74, 6) is -0.786. The van der Waals surface area contributed by atoms with Crippen LogP contribution < -0.4 is 4.74 Å². The van der Waals surface area contributed by atoms with E-state index in [1.165, 1.54) is 23.9 Å². The molecule has 0 atom stereocenters. The van der Waals surface area contributed by atoms with Gasteiger partial charge in [0.05, 0.1) is 40.4 Å². The number of aromatic carboxylic acids is 1. The molecule has 3 aromatic carbocycles. The molecule has 2 aliphatic rings.